The zero-order valence-corrected chi connectivity index (χ0v) is 19.1. The molecule has 0 spiro atoms. The van der Waals surface area contributed by atoms with Crippen molar-refractivity contribution in [3.05, 3.63) is 53.3 Å². The van der Waals surface area contributed by atoms with E-state index in [0.717, 1.165) is 41.8 Å². The number of aromatic nitrogens is 3. The first-order chi connectivity index (χ1) is 14.6. The molecule has 2 aromatic heterocycles. The highest BCUT2D eigenvalue weighted by Crippen LogP contribution is 2.25. The van der Waals surface area contributed by atoms with E-state index in [0.29, 0.717) is 11.6 Å². The van der Waals surface area contributed by atoms with E-state index in [1.165, 1.54) is 5.56 Å². The van der Waals surface area contributed by atoms with Gasteiger partial charge in [0.15, 0.2) is 11.9 Å². The number of benzene rings is 1. The van der Waals surface area contributed by atoms with Gasteiger partial charge < -0.3 is 5.32 Å². The lowest BCUT2D eigenvalue weighted by Gasteiger charge is -2.38. The molecule has 3 heterocycles. The molecule has 7 nitrogen and oxygen atoms in total. The Bertz CT molecular complexity index is 1080. The van der Waals surface area contributed by atoms with E-state index in [1.807, 2.05) is 20.9 Å². The van der Waals surface area contributed by atoms with Crippen LogP contribution in [0, 0.1) is 6.92 Å². The van der Waals surface area contributed by atoms with Crippen LogP contribution >= 0.6 is 0 Å². The first-order valence-electron chi connectivity index (χ1n) is 10.6. The summed E-state index contributed by atoms with van der Waals surface area (Å²) in [6.07, 6.45) is 2.43. The maximum absolute atomic E-state index is 11.2. The van der Waals surface area contributed by atoms with Crippen LogP contribution in [0.15, 0.2) is 36.5 Å². The molecule has 0 unspecified atom stereocenters. The van der Waals surface area contributed by atoms with Gasteiger partial charge in [0.2, 0.25) is 5.91 Å². The van der Waals surface area contributed by atoms with Crippen LogP contribution in [0.25, 0.3) is 16.9 Å². The Kier molecular flexibility index (Phi) is 6.55. The Hall–Kier alpha value is -3.06. The third kappa shape index (κ3) is 4.82. The highest BCUT2D eigenvalue weighted by Gasteiger charge is 2.34. The minimum Gasteiger partial charge on any atom is -0.353 e. The summed E-state index contributed by atoms with van der Waals surface area (Å²) in [6, 6.07) is 10.3. The largest absolute Gasteiger partial charge is 0.353 e. The number of fused-ring (bicyclic) bond motifs is 1. The quantitative estimate of drug-likeness (QED) is 0.655. The maximum atomic E-state index is 11.2. The highest BCUT2D eigenvalue weighted by molar-refractivity contribution is 5.86. The zero-order valence-electron chi connectivity index (χ0n) is 19.1. The Balaban J connectivity index is 0.000000229. The fourth-order valence-corrected chi connectivity index (χ4v) is 3.37. The van der Waals surface area contributed by atoms with Gasteiger partial charge in [0.25, 0.3) is 0 Å². The number of carbonyl (C=O) groups excluding carboxylic acids is 2. The Morgan fingerprint density at radius 3 is 2.42 bits per heavy atom. The average molecular weight is 422 g/mol. The number of aryl methyl sites for hydroxylation is 1. The van der Waals surface area contributed by atoms with Gasteiger partial charge in [-0.1, -0.05) is 43.7 Å². The van der Waals surface area contributed by atoms with Gasteiger partial charge in [0, 0.05) is 24.2 Å². The van der Waals surface area contributed by atoms with Crippen LogP contribution in [0.3, 0.4) is 0 Å². The molecule has 7 heteroatoms. The normalized spacial score (nSPS) is 16.0. The van der Waals surface area contributed by atoms with Gasteiger partial charge >= 0.3 is 0 Å². The minimum absolute atomic E-state index is 0.126. The van der Waals surface area contributed by atoms with Gasteiger partial charge in [-0.3, -0.25) is 14.5 Å². The van der Waals surface area contributed by atoms with Crippen LogP contribution in [-0.2, 0) is 4.79 Å². The van der Waals surface area contributed by atoms with Crippen molar-refractivity contribution in [2.45, 2.75) is 46.1 Å². The summed E-state index contributed by atoms with van der Waals surface area (Å²) < 4.78 is 1.70. The third-order valence-corrected chi connectivity index (χ3v) is 5.81. The molecule has 0 saturated carbocycles. The average Bonchev–Trinajstić information content (AvgIpc) is 3.16. The van der Waals surface area contributed by atoms with Crippen LogP contribution in [0.4, 0.5) is 0 Å². The lowest BCUT2D eigenvalue weighted by molar-refractivity contribution is -0.133. The van der Waals surface area contributed by atoms with E-state index >= 15 is 0 Å². The first-order valence-corrected chi connectivity index (χ1v) is 10.6. The number of amides is 1. The Labute approximate surface area is 183 Å². The zero-order chi connectivity index (χ0) is 22.8. The van der Waals surface area contributed by atoms with Crippen LogP contribution in [0.5, 0.6) is 0 Å². The summed E-state index contributed by atoms with van der Waals surface area (Å²) in [7, 11) is 1.97. The molecule has 0 atom stereocenters. The lowest BCUT2D eigenvalue weighted by Crippen LogP contribution is -2.60. The summed E-state index contributed by atoms with van der Waals surface area (Å²) in [5, 5.41) is 7.40. The molecule has 1 fully saturated rings. The molecule has 1 N–H and O–H groups in total. The summed E-state index contributed by atoms with van der Waals surface area (Å²) in [5.41, 5.74) is 5.10. The molecule has 1 aromatic carbocycles. The van der Waals surface area contributed by atoms with E-state index in [4.69, 9.17) is 0 Å². The van der Waals surface area contributed by atoms with Crippen molar-refractivity contribution in [1.82, 2.24) is 24.8 Å². The molecule has 1 aliphatic heterocycles. The molecule has 4 rings (SSSR count). The molecule has 0 bridgehead atoms. The lowest BCUT2D eigenvalue weighted by atomic mass is 10.0. The van der Waals surface area contributed by atoms with Gasteiger partial charge in [-0.25, -0.2) is 9.50 Å². The van der Waals surface area contributed by atoms with Crippen molar-refractivity contribution in [3.8, 4) is 11.3 Å². The number of carbonyl (C=O) groups is 2. The highest BCUT2D eigenvalue weighted by atomic mass is 16.2. The summed E-state index contributed by atoms with van der Waals surface area (Å²) >= 11 is 0. The van der Waals surface area contributed by atoms with Crippen LogP contribution < -0.4 is 5.32 Å². The Morgan fingerprint density at radius 1 is 1.19 bits per heavy atom. The molecule has 31 heavy (non-hydrogen) atoms. The van der Waals surface area contributed by atoms with Crippen molar-refractivity contribution >= 4 is 17.8 Å². The fraction of sp³-hybridized carbons (Fsp3) is 0.417. The predicted octanol–water partition coefficient (Wildman–Crippen LogP) is 3.47. The molecular weight excluding hydrogens is 390 g/mol. The molecule has 1 saturated heterocycles. The molecule has 0 aliphatic carbocycles. The van der Waals surface area contributed by atoms with E-state index in [-0.39, 0.29) is 11.4 Å². The standard InChI is InChI=1S/C17H17N3O.C7H14N2O/c1-11(2)15-8-16(13-6-4-12(3)5-7-13)19-20-9-14(10-21)18-17(15)20;1-7(2)6(10)8-4-5-9(7)3/h4-11H,1-3H3;4-5H2,1-3H3,(H,8,10). The fourth-order valence-electron chi connectivity index (χ4n) is 3.37. The van der Waals surface area contributed by atoms with Crippen LogP contribution in [-0.4, -0.2) is 57.4 Å². The number of rotatable bonds is 3. The van der Waals surface area contributed by atoms with E-state index in [9.17, 15) is 9.59 Å². The van der Waals surface area contributed by atoms with Crippen molar-refractivity contribution in [2.75, 3.05) is 20.1 Å². The van der Waals surface area contributed by atoms with Gasteiger partial charge in [-0.15, -0.1) is 0 Å². The SMILES string of the molecule is CN1CCNC(=O)C1(C)C.Cc1ccc(-c2cc(C(C)C)c3nc(C=O)cn3n2)cc1. The molecule has 0 radical (unpaired) electrons. The van der Waals surface area contributed by atoms with Gasteiger partial charge in [0.1, 0.15) is 5.69 Å². The van der Waals surface area contributed by atoms with Crippen LogP contribution in [0.2, 0.25) is 0 Å². The van der Waals surface area contributed by atoms with Gasteiger partial charge in [0.05, 0.1) is 17.4 Å². The first kappa shape index (κ1) is 22.6. The number of hydrogen-bond acceptors (Lipinski definition) is 5. The smallest absolute Gasteiger partial charge is 0.239 e. The number of aldehydes is 1. The number of hydrogen-bond donors (Lipinski definition) is 1. The molecule has 164 valence electrons. The maximum Gasteiger partial charge on any atom is 0.239 e. The molecule has 3 aromatic rings. The van der Waals surface area contributed by atoms with Crippen molar-refractivity contribution in [3.63, 3.8) is 0 Å². The molecule has 1 amide bonds. The monoisotopic (exact) mass is 421 g/mol. The number of nitrogens with zero attached hydrogens (tertiary/aromatic N) is 4. The Morgan fingerprint density at radius 2 is 1.87 bits per heavy atom. The van der Waals surface area contributed by atoms with Crippen LogP contribution in [0.1, 0.15) is 55.2 Å². The number of nitrogens with one attached hydrogen (secondary N) is 1. The topological polar surface area (TPSA) is 79.6 Å². The summed E-state index contributed by atoms with van der Waals surface area (Å²) in [5.74, 6) is 0.433. The molecular formula is C24H31N5O2. The van der Waals surface area contributed by atoms with E-state index in [1.54, 1.807) is 10.7 Å². The van der Waals surface area contributed by atoms with Gasteiger partial charge in [-0.05, 0) is 39.8 Å². The number of imidazole rings is 1. The molecule has 1 aliphatic rings. The second-order valence-corrected chi connectivity index (χ2v) is 8.79. The third-order valence-electron chi connectivity index (χ3n) is 5.81. The van der Waals surface area contributed by atoms with E-state index in [2.05, 4.69) is 71.4 Å². The number of likely N-dealkylation sites (N-methyl/N-ethyl adjacent to an activating group) is 1. The summed E-state index contributed by atoms with van der Waals surface area (Å²) in [6.45, 7) is 11.9. The van der Waals surface area contributed by atoms with Gasteiger partial charge in [-0.2, -0.15) is 5.10 Å². The second-order valence-electron chi connectivity index (χ2n) is 8.79. The van der Waals surface area contributed by atoms with E-state index < -0.39 is 0 Å². The van der Waals surface area contributed by atoms with Crippen molar-refractivity contribution < 1.29 is 9.59 Å². The van der Waals surface area contributed by atoms with Crippen molar-refractivity contribution in [1.29, 1.82) is 0 Å². The minimum atomic E-state index is -0.321. The second kappa shape index (κ2) is 8.98. The summed E-state index contributed by atoms with van der Waals surface area (Å²) in [4.78, 5) is 28.5. The van der Waals surface area contributed by atoms with Crippen molar-refractivity contribution in [2.24, 2.45) is 0 Å². The predicted molar refractivity (Wildman–Crippen MR) is 122 cm³/mol. The number of piperazine rings is 1.